The summed E-state index contributed by atoms with van der Waals surface area (Å²) >= 11 is 0. The van der Waals surface area contributed by atoms with Gasteiger partial charge in [0.2, 0.25) is 0 Å². The number of carboxylic acid groups (broad SMARTS) is 2. The number of carboxylic acids is 2. The maximum atomic E-state index is 10.8. The second-order valence-electron chi connectivity index (χ2n) is 5.23. The van der Waals surface area contributed by atoms with Gasteiger partial charge in [-0.15, -0.1) is 0 Å². The van der Waals surface area contributed by atoms with Crippen molar-refractivity contribution in [2.24, 2.45) is 5.92 Å². The molecule has 0 spiro atoms. The Balaban J connectivity index is 0. The molecule has 0 aliphatic carbocycles. The van der Waals surface area contributed by atoms with Crippen molar-refractivity contribution in [2.45, 2.75) is 71.1 Å². The first-order valence-corrected chi connectivity index (χ1v) is 7.69. The molecule has 2 N–H and O–H groups in total. The van der Waals surface area contributed by atoms with Gasteiger partial charge in [0.05, 0.1) is 12.3 Å². The van der Waals surface area contributed by atoms with Crippen LogP contribution in [-0.4, -0.2) is 51.7 Å². The molecule has 0 aromatic rings. The summed E-state index contributed by atoms with van der Waals surface area (Å²) in [6.07, 6.45) is 13.7. The van der Waals surface area contributed by atoms with Crippen molar-refractivity contribution >= 4 is 41.5 Å². The van der Waals surface area contributed by atoms with Gasteiger partial charge in [-0.3, -0.25) is 9.59 Å². The Morgan fingerprint density at radius 1 is 0.952 bits per heavy atom. The minimum absolute atomic E-state index is 0. The summed E-state index contributed by atoms with van der Waals surface area (Å²) in [5.41, 5.74) is 0. The minimum atomic E-state index is -1.07. The van der Waals surface area contributed by atoms with Gasteiger partial charge in [0.1, 0.15) is 0 Å². The van der Waals surface area contributed by atoms with Gasteiger partial charge in [-0.25, -0.2) is 0 Å². The Morgan fingerprint density at radius 3 is 1.95 bits per heavy atom. The van der Waals surface area contributed by atoms with Crippen LogP contribution in [0.15, 0.2) is 12.2 Å². The molecule has 1 unspecified atom stereocenters. The molecular weight excluding hydrogens is 279 g/mol. The molecule has 21 heavy (non-hydrogen) atoms. The monoisotopic (exact) mass is 308 g/mol. The van der Waals surface area contributed by atoms with Crippen LogP contribution in [0.25, 0.3) is 0 Å². The van der Waals surface area contributed by atoms with Gasteiger partial charge in [0, 0.05) is 0 Å². The molecule has 4 nitrogen and oxygen atoms in total. The molecule has 118 valence electrons. The molecule has 5 heteroatoms. The first-order chi connectivity index (χ1) is 9.57. The van der Waals surface area contributed by atoms with Crippen LogP contribution < -0.4 is 0 Å². The zero-order chi connectivity index (χ0) is 15.2. The van der Waals surface area contributed by atoms with E-state index >= 15 is 0 Å². The molecule has 0 aromatic carbocycles. The number of aliphatic carboxylic acids is 2. The van der Waals surface area contributed by atoms with Crippen LogP contribution in [0.5, 0.6) is 0 Å². The van der Waals surface area contributed by atoms with Crippen LogP contribution in [0.1, 0.15) is 71.1 Å². The Labute approximate surface area is 150 Å². The Bertz CT molecular complexity index is 303. The van der Waals surface area contributed by atoms with E-state index in [2.05, 4.69) is 6.92 Å². The average molecular weight is 308 g/mol. The van der Waals surface area contributed by atoms with Gasteiger partial charge in [0.25, 0.3) is 0 Å². The summed E-state index contributed by atoms with van der Waals surface area (Å²) in [6.45, 7) is 2.21. The summed E-state index contributed by atoms with van der Waals surface area (Å²) in [4.78, 5) is 21.3. The van der Waals surface area contributed by atoms with Crippen LogP contribution >= 0.6 is 0 Å². The number of rotatable bonds is 13. The van der Waals surface area contributed by atoms with E-state index in [0.717, 1.165) is 19.3 Å². The third-order valence-corrected chi connectivity index (χ3v) is 3.30. The molecule has 0 heterocycles. The van der Waals surface area contributed by atoms with Crippen molar-refractivity contribution in [2.75, 3.05) is 0 Å². The van der Waals surface area contributed by atoms with Crippen molar-refractivity contribution in [3.05, 3.63) is 12.2 Å². The number of allylic oxidation sites excluding steroid dienone is 1. The molecule has 0 aromatic heterocycles. The topological polar surface area (TPSA) is 74.6 Å². The van der Waals surface area contributed by atoms with Crippen molar-refractivity contribution < 1.29 is 19.8 Å². The molecule has 1 atom stereocenters. The van der Waals surface area contributed by atoms with Crippen molar-refractivity contribution in [3.8, 4) is 0 Å². The van der Waals surface area contributed by atoms with E-state index in [-0.39, 0.29) is 36.0 Å². The molecule has 0 aliphatic rings. The Kier molecular flexibility index (Phi) is 17.6. The normalized spacial score (nSPS) is 12.0. The van der Waals surface area contributed by atoms with Crippen LogP contribution in [0.4, 0.5) is 0 Å². The van der Waals surface area contributed by atoms with Gasteiger partial charge < -0.3 is 10.2 Å². The third kappa shape index (κ3) is 15.9. The first-order valence-electron chi connectivity index (χ1n) is 7.69. The fraction of sp³-hybridized carbons (Fsp3) is 0.750. The molecule has 0 fully saturated rings. The van der Waals surface area contributed by atoms with E-state index in [9.17, 15) is 9.59 Å². The maximum absolute atomic E-state index is 10.8. The van der Waals surface area contributed by atoms with E-state index in [4.69, 9.17) is 10.2 Å². The fourth-order valence-electron chi connectivity index (χ4n) is 2.08. The number of hydrogen-bond acceptors (Lipinski definition) is 2. The first kappa shape index (κ1) is 23.0. The van der Waals surface area contributed by atoms with Crippen LogP contribution in [0, 0.1) is 5.92 Å². The molecule has 0 saturated carbocycles. The summed E-state index contributed by atoms with van der Waals surface area (Å²) in [5.74, 6) is -3.05. The van der Waals surface area contributed by atoms with Crippen molar-refractivity contribution in [1.29, 1.82) is 0 Å². The quantitative estimate of drug-likeness (QED) is 0.310. The van der Waals surface area contributed by atoms with Gasteiger partial charge in [-0.1, -0.05) is 64.0 Å². The molecule has 0 amide bonds. The van der Waals surface area contributed by atoms with Crippen molar-refractivity contribution in [3.63, 3.8) is 0 Å². The van der Waals surface area contributed by atoms with Crippen molar-refractivity contribution in [1.82, 2.24) is 0 Å². The zero-order valence-corrected chi connectivity index (χ0v) is 12.5. The average Bonchev–Trinajstić information content (AvgIpc) is 2.39. The van der Waals surface area contributed by atoms with Gasteiger partial charge in [-0.05, 0) is 12.8 Å². The predicted molar refractivity (Wildman–Crippen MR) is 86.9 cm³/mol. The predicted octanol–water partition coefficient (Wildman–Crippen LogP) is 3.60. The second kappa shape index (κ2) is 16.1. The zero-order valence-electron chi connectivity index (χ0n) is 12.5. The van der Waals surface area contributed by atoms with E-state index < -0.39 is 17.9 Å². The van der Waals surface area contributed by atoms with E-state index in [0.29, 0.717) is 0 Å². The van der Waals surface area contributed by atoms with Gasteiger partial charge in [0.15, 0.2) is 0 Å². The summed E-state index contributed by atoms with van der Waals surface area (Å²) in [5, 5.41) is 17.4. The van der Waals surface area contributed by atoms with E-state index in [1.54, 1.807) is 6.08 Å². The standard InChI is InChI=1S/C16H28O4.Na.H/c1-2-3-4-5-6-7-8-9-10-11-12-14(16(19)20)13-15(17)18;;/h11-12,14H,2-10,13H2,1H3,(H,17,18)(H,19,20);;/b12-11+;;. The second-order valence-corrected chi connectivity index (χ2v) is 5.23. The van der Waals surface area contributed by atoms with Crippen LogP contribution in [-0.2, 0) is 9.59 Å². The molecule has 0 aliphatic heterocycles. The molecule has 0 bridgehead atoms. The summed E-state index contributed by atoms with van der Waals surface area (Å²) in [6, 6.07) is 0. The summed E-state index contributed by atoms with van der Waals surface area (Å²) < 4.78 is 0. The SMILES string of the molecule is CCCCCCCCCC/C=C/C(CC(=O)O)C(=O)O.[NaH]. The van der Waals surface area contributed by atoms with Gasteiger partial charge in [-0.2, -0.15) is 0 Å². The molecule has 0 saturated heterocycles. The molecule has 0 rings (SSSR count). The third-order valence-electron chi connectivity index (χ3n) is 3.30. The van der Waals surface area contributed by atoms with E-state index in [1.807, 2.05) is 0 Å². The number of hydrogen-bond donors (Lipinski definition) is 2. The van der Waals surface area contributed by atoms with Gasteiger partial charge >= 0.3 is 41.5 Å². The Hall–Kier alpha value is -0.320. The number of unbranched alkanes of at least 4 members (excludes halogenated alkanes) is 8. The Morgan fingerprint density at radius 2 is 1.48 bits per heavy atom. The molecule has 0 radical (unpaired) electrons. The molecular formula is C16H29NaO4. The number of carbonyl (C=O) groups is 2. The summed E-state index contributed by atoms with van der Waals surface area (Å²) in [7, 11) is 0. The van der Waals surface area contributed by atoms with Crippen LogP contribution in [0.2, 0.25) is 0 Å². The van der Waals surface area contributed by atoms with Crippen LogP contribution in [0.3, 0.4) is 0 Å². The van der Waals surface area contributed by atoms with E-state index in [1.165, 1.54) is 44.6 Å². The fourth-order valence-corrected chi connectivity index (χ4v) is 2.08.